The average molecular weight is 445 g/mol. The van der Waals surface area contributed by atoms with Gasteiger partial charge >= 0.3 is 0 Å². The fourth-order valence-corrected chi connectivity index (χ4v) is 3.99. The molecule has 1 aromatic carbocycles. The molecule has 1 fully saturated rings. The molecule has 11 heteroatoms. The van der Waals surface area contributed by atoms with Crippen molar-refractivity contribution in [3.05, 3.63) is 12.1 Å². The fraction of sp³-hybridized carbons (Fsp3) is 0.632. The molecule has 0 amide bonds. The smallest absolute Gasteiger partial charge is 0.213 e. The number of methoxy groups -OCH3 is 3. The first-order valence-electron chi connectivity index (χ1n) is 9.79. The van der Waals surface area contributed by atoms with Gasteiger partial charge in [-0.05, 0) is 19.3 Å². The van der Waals surface area contributed by atoms with E-state index in [0.717, 1.165) is 19.3 Å². The Kier molecular flexibility index (Phi) is 9.47. The van der Waals surface area contributed by atoms with Crippen LogP contribution < -0.4 is 29.6 Å². The fourth-order valence-electron chi connectivity index (χ4n) is 3.03. The van der Waals surface area contributed by atoms with Crippen molar-refractivity contribution < 1.29 is 27.4 Å². The summed E-state index contributed by atoms with van der Waals surface area (Å²) in [5.41, 5.74) is 0.646. The van der Waals surface area contributed by atoms with Crippen LogP contribution in [0.25, 0.3) is 0 Å². The molecule has 0 spiro atoms. The van der Waals surface area contributed by atoms with Gasteiger partial charge < -0.3 is 29.6 Å². The van der Waals surface area contributed by atoms with E-state index in [1.807, 2.05) is 0 Å². The molecule has 0 bridgehead atoms. The second-order valence-corrected chi connectivity index (χ2v) is 8.62. The highest BCUT2D eigenvalue weighted by atomic mass is 32.2. The SMILES string of the molecule is CN=C(NCCS(=O)(=O)NCC1CCCCO1)Nc1cc(OC)c(OC)c(OC)c1. The van der Waals surface area contributed by atoms with Crippen LogP contribution in [0.4, 0.5) is 5.69 Å². The van der Waals surface area contributed by atoms with Gasteiger partial charge in [0.2, 0.25) is 15.8 Å². The Bertz CT molecular complexity index is 784. The van der Waals surface area contributed by atoms with Crippen molar-refractivity contribution in [1.82, 2.24) is 10.0 Å². The maximum absolute atomic E-state index is 12.2. The van der Waals surface area contributed by atoms with E-state index in [9.17, 15) is 8.42 Å². The lowest BCUT2D eigenvalue weighted by Crippen LogP contribution is -2.40. The van der Waals surface area contributed by atoms with Crippen LogP contribution in [-0.4, -0.2) is 74.3 Å². The van der Waals surface area contributed by atoms with Gasteiger partial charge in [-0.25, -0.2) is 13.1 Å². The van der Waals surface area contributed by atoms with Crippen molar-refractivity contribution in [3.63, 3.8) is 0 Å². The zero-order valence-corrected chi connectivity index (χ0v) is 18.8. The Morgan fingerprint density at radius 2 is 1.87 bits per heavy atom. The number of hydrogen-bond donors (Lipinski definition) is 3. The van der Waals surface area contributed by atoms with E-state index in [4.69, 9.17) is 18.9 Å². The van der Waals surface area contributed by atoms with Crippen molar-refractivity contribution in [1.29, 1.82) is 0 Å². The largest absolute Gasteiger partial charge is 0.493 e. The Labute approximate surface area is 178 Å². The van der Waals surface area contributed by atoms with E-state index < -0.39 is 10.0 Å². The van der Waals surface area contributed by atoms with Crippen LogP contribution in [0.5, 0.6) is 17.2 Å². The average Bonchev–Trinajstić information content (AvgIpc) is 2.76. The van der Waals surface area contributed by atoms with Gasteiger partial charge in [0.15, 0.2) is 17.5 Å². The van der Waals surface area contributed by atoms with Gasteiger partial charge in [-0.15, -0.1) is 0 Å². The molecule has 1 heterocycles. The zero-order valence-electron chi connectivity index (χ0n) is 18.0. The summed E-state index contributed by atoms with van der Waals surface area (Å²) in [7, 11) is 2.77. The van der Waals surface area contributed by atoms with Gasteiger partial charge in [0.05, 0.1) is 33.2 Å². The lowest BCUT2D eigenvalue weighted by atomic mass is 10.1. The van der Waals surface area contributed by atoms with Crippen molar-refractivity contribution in [3.8, 4) is 17.2 Å². The predicted molar refractivity (Wildman–Crippen MR) is 116 cm³/mol. The van der Waals surface area contributed by atoms with Gasteiger partial charge in [0.1, 0.15) is 0 Å². The number of hydrogen-bond acceptors (Lipinski definition) is 7. The first-order chi connectivity index (χ1) is 14.4. The number of aliphatic imine (C=N–C) groups is 1. The molecule has 0 saturated carbocycles. The molecule has 1 aliphatic heterocycles. The van der Waals surface area contributed by atoms with Gasteiger partial charge in [0.25, 0.3) is 0 Å². The highest BCUT2D eigenvalue weighted by molar-refractivity contribution is 7.89. The van der Waals surface area contributed by atoms with E-state index in [0.29, 0.717) is 42.0 Å². The Hall–Kier alpha value is -2.24. The van der Waals surface area contributed by atoms with E-state index in [1.54, 1.807) is 19.2 Å². The molecule has 1 saturated heterocycles. The third-order valence-electron chi connectivity index (χ3n) is 4.62. The number of anilines is 1. The summed E-state index contributed by atoms with van der Waals surface area (Å²) in [4.78, 5) is 4.12. The molecule has 1 unspecified atom stereocenters. The quantitative estimate of drug-likeness (QED) is 0.364. The zero-order chi connectivity index (χ0) is 22.0. The van der Waals surface area contributed by atoms with Crippen molar-refractivity contribution in [2.45, 2.75) is 25.4 Å². The first-order valence-corrected chi connectivity index (χ1v) is 11.4. The van der Waals surface area contributed by atoms with Crippen molar-refractivity contribution in [2.75, 3.05) is 59.1 Å². The summed E-state index contributed by atoms with van der Waals surface area (Å²) >= 11 is 0. The minimum atomic E-state index is -3.42. The molecule has 30 heavy (non-hydrogen) atoms. The van der Waals surface area contributed by atoms with Gasteiger partial charge in [-0.2, -0.15) is 0 Å². The minimum Gasteiger partial charge on any atom is -0.493 e. The van der Waals surface area contributed by atoms with Gasteiger partial charge in [-0.3, -0.25) is 4.99 Å². The Balaban J connectivity index is 1.88. The lowest BCUT2D eigenvalue weighted by Gasteiger charge is -2.22. The molecule has 170 valence electrons. The molecule has 0 radical (unpaired) electrons. The van der Waals surface area contributed by atoms with E-state index in [-0.39, 0.29) is 18.4 Å². The number of nitrogens with one attached hydrogen (secondary N) is 3. The summed E-state index contributed by atoms with van der Waals surface area (Å²) in [6.45, 7) is 1.18. The second kappa shape index (κ2) is 11.8. The third kappa shape index (κ3) is 7.22. The van der Waals surface area contributed by atoms with Crippen LogP contribution in [-0.2, 0) is 14.8 Å². The van der Waals surface area contributed by atoms with Crippen LogP contribution in [0.15, 0.2) is 17.1 Å². The topological polar surface area (TPSA) is 120 Å². The molecule has 1 aromatic rings. The maximum atomic E-state index is 12.2. The summed E-state index contributed by atoms with van der Waals surface area (Å²) < 4.78 is 48.6. The monoisotopic (exact) mass is 444 g/mol. The van der Waals surface area contributed by atoms with Crippen LogP contribution in [0.3, 0.4) is 0 Å². The number of guanidine groups is 1. The standard InChI is InChI=1S/C19H32N4O6S/c1-20-19(23-14-11-16(26-2)18(28-4)17(12-14)27-3)21-8-10-30(24,25)22-13-15-7-5-6-9-29-15/h11-12,15,22H,5-10,13H2,1-4H3,(H2,20,21,23). The summed E-state index contributed by atoms with van der Waals surface area (Å²) in [5, 5.41) is 6.08. The van der Waals surface area contributed by atoms with E-state index >= 15 is 0 Å². The molecule has 10 nitrogen and oxygen atoms in total. The predicted octanol–water partition coefficient (Wildman–Crippen LogP) is 1.19. The molecule has 3 N–H and O–H groups in total. The van der Waals surface area contributed by atoms with Gasteiger partial charge in [0, 0.05) is 44.6 Å². The molecule has 2 rings (SSSR count). The van der Waals surface area contributed by atoms with Crippen LogP contribution >= 0.6 is 0 Å². The number of nitrogens with zero attached hydrogens (tertiary/aromatic N) is 1. The highest BCUT2D eigenvalue weighted by Gasteiger charge is 2.18. The number of rotatable bonds is 10. The lowest BCUT2D eigenvalue weighted by molar-refractivity contribution is 0.0200. The molecule has 0 aliphatic carbocycles. The van der Waals surface area contributed by atoms with Crippen LogP contribution in [0, 0.1) is 0 Å². The summed E-state index contributed by atoms with van der Waals surface area (Å²) in [6.07, 6.45) is 2.93. The van der Waals surface area contributed by atoms with Gasteiger partial charge in [-0.1, -0.05) is 0 Å². The van der Waals surface area contributed by atoms with Crippen molar-refractivity contribution in [2.24, 2.45) is 4.99 Å². The molecule has 0 aromatic heterocycles. The number of benzene rings is 1. The minimum absolute atomic E-state index is 0.0454. The summed E-state index contributed by atoms with van der Waals surface area (Å²) in [6, 6.07) is 3.47. The Morgan fingerprint density at radius 1 is 1.17 bits per heavy atom. The third-order valence-corrected chi connectivity index (χ3v) is 5.97. The van der Waals surface area contributed by atoms with Crippen LogP contribution in [0.2, 0.25) is 0 Å². The van der Waals surface area contributed by atoms with Crippen LogP contribution in [0.1, 0.15) is 19.3 Å². The van der Waals surface area contributed by atoms with E-state index in [2.05, 4.69) is 20.3 Å². The first kappa shape index (κ1) is 24.0. The number of sulfonamides is 1. The second-order valence-electron chi connectivity index (χ2n) is 6.69. The molecule has 1 aliphatic rings. The molecular formula is C19H32N4O6S. The molecule has 1 atom stereocenters. The number of ether oxygens (including phenoxy) is 4. The molecular weight excluding hydrogens is 412 g/mol. The highest BCUT2D eigenvalue weighted by Crippen LogP contribution is 2.39. The Morgan fingerprint density at radius 3 is 2.40 bits per heavy atom. The normalized spacial score (nSPS) is 17.3. The summed E-state index contributed by atoms with van der Waals surface area (Å²) in [5.74, 6) is 1.79. The van der Waals surface area contributed by atoms with E-state index in [1.165, 1.54) is 21.3 Å². The maximum Gasteiger partial charge on any atom is 0.213 e. The van der Waals surface area contributed by atoms with Crippen molar-refractivity contribution >= 4 is 21.7 Å².